The minimum atomic E-state index is -3.66. The Morgan fingerprint density at radius 3 is 2.54 bits per heavy atom. The highest BCUT2D eigenvalue weighted by molar-refractivity contribution is 7.92. The third-order valence-electron chi connectivity index (χ3n) is 4.45. The Bertz CT molecular complexity index is 1000. The molecule has 0 fully saturated rings. The number of anilines is 2. The summed E-state index contributed by atoms with van der Waals surface area (Å²) in [7, 11) is -3.66. The van der Waals surface area contributed by atoms with E-state index in [4.69, 9.17) is 0 Å². The largest absolute Gasteiger partial charge is 0.456 e. The molecule has 0 saturated carbocycles. The molecule has 2 aromatic rings. The Kier molecular flexibility index (Phi) is 5.69. The lowest BCUT2D eigenvalue weighted by molar-refractivity contribution is -0.144. The molecule has 0 aromatic heterocycles. The lowest BCUT2D eigenvalue weighted by Crippen LogP contribution is -2.35. The first kappa shape index (κ1) is 19.9. The predicted octanol–water partition coefficient (Wildman–Crippen LogP) is 2.64. The average Bonchev–Trinajstić information content (AvgIpc) is 2.66. The first-order chi connectivity index (χ1) is 13.3. The molecule has 1 aliphatic heterocycles. The number of esters is 1. The van der Waals surface area contributed by atoms with Gasteiger partial charge < -0.3 is 10.1 Å². The van der Waals surface area contributed by atoms with Crippen LogP contribution in [0.5, 0.6) is 0 Å². The molecule has 1 aliphatic rings. The fraction of sp³-hybridized carbons (Fsp3) is 0.300. The molecule has 3 rings (SSSR count). The summed E-state index contributed by atoms with van der Waals surface area (Å²) < 4.78 is 32.2. The Balaban J connectivity index is 1.83. The monoisotopic (exact) mass is 402 g/mol. The van der Waals surface area contributed by atoms with Gasteiger partial charge in [0.2, 0.25) is 0 Å². The minimum absolute atomic E-state index is 0.254. The number of carbonyl (C=O) groups excluding carboxylic acids is 2. The topological polar surface area (TPSA) is 92.8 Å². The van der Waals surface area contributed by atoms with Crippen molar-refractivity contribution in [1.82, 2.24) is 0 Å². The van der Waals surface area contributed by atoms with Crippen LogP contribution in [0.25, 0.3) is 0 Å². The number of sulfonamides is 1. The molecular formula is C20H22N2O5S. The van der Waals surface area contributed by atoms with E-state index in [1.54, 1.807) is 42.5 Å². The number of fused-ring (bicyclic) bond motifs is 1. The van der Waals surface area contributed by atoms with Crippen molar-refractivity contribution in [2.24, 2.45) is 0 Å². The molecule has 28 heavy (non-hydrogen) atoms. The van der Waals surface area contributed by atoms with E-state index in [2.05, 4.69) is 10.1 Å². The fourth-order valence-electron chi connectivity index (χ4n) is 3.09. The van der Waals surface area contributed by atoms with Gasteiger partial charge in [0.1, 0.15) is 0 Å². The van der Waals surface area contributed by atoms with Crippen LogP contribution in [0.15, 0.2) is 47.4 Å². The highest BCUT2D eigenvalue weighted by Crippen LogP contribution is 2.33. The van der Waals surface area contributed by atoms with Gasteiger partial charge in [-0.05, 0) is 55.7 Å². The van der Waals surface area contributed by atoms with Crippen molar-refractivity contribution in [3.8, 4) is 0 Å². The van der Waals surface area contributed by atoms with Gasteiger partial charge in [-0.25, -0.2) is 8.42 Å². The number of hydrogen-bond donors (Lipinski definition) is 1. The minimum Gasteiger partial charge on any atom is -0.456 e. The molecule has 8 heteroatoms. The van der Waals surface area contributed by atoms with Gasteiger partial charge >= 0.3 is 5.97 Å². The zero-order chi connectivity index (χ0) is 20.3. The van der Waals surface area contributed by atoms with Gasteiger partial charge in [-0.2, -0.15) is 0 Å². The van der Waals surface area contributed by atoms with Crippen molar-refractivity contribution in [3.63, 3.8) is 0 Å². The predicted molar refractivity (Wildman–Crippen MR) is 106 cm³/mol. The number of aryl methyl sites for hydroxylation is 2. The summed E-state index contributed by atoms with van der Waals surface area (Å²) >= 11 is 0. The molecule has 0 radical (unpaired) electrons. The SMILES string of the molecule is CC(=O)OCC(=O)Nc1ccc2c(c1)CCCN2S(=O)(=O)c1ccc(C)cc1. The van der Waals surface area contributed by atoms with Crippen LogP contribution in [0, 0.1) is 6.92 Å². The van der Waals surface area contributed by atoms with Crippen LogP contribution >= 0.6 is 0 Å². The number of nitrogens with zero attached hydrogens (tertiary/aromatic N) is 1. The zero-order valence-electron chi connectivity index (χ0n) is 15.8. The summed E-state index contributed by atoms with van der Waals surface area (Å²) in [5.41, 5.74) is 2.98. The molecule has 0 atom stereocenters. The van der Waals surface area contributed by atoms with Crippen molar-refractivity contribution < 1.29 is 22.7 Å². The summed E-state index contributed by atoms with van der Waals surface area (Å²) in [6.07, 6.45) is 1.39. The van der Waals surface area contributed by atoms with Crippen LogP contribution in [0.2, 0.25) is 0 Å². The molecule has 7 nitrogen and oxygen atoms in total. The van der Waals surface area contributed by atoms with Crippen LogP contribution in [0.4, 0.5) is 11.4 Å². The second kappa shape index (κ2) is 8.02. The number of ether oxygens (including phenoxy) is 1. The molecule has 0 bridgehead atoms. The molecule has 0 unspecified atom stereocenters. The molecule has 1 N–H and O–H groups in total. The van der Waals surface area contributed by atoms with Crippen molar-refractivity contribution in [1.29, 1.82) is 0 Å². The zero-order valence-corrected chi connectivity index (χ0v) is 16.6. The maximum Gasteiger partial charge on any atom is 0.303 e. The quantitative estimate of drug-likeness (QED) is 0.776. The Hall–Kier alpha value is -2.87. The van der Waals surface area contributed by atoms with E-state index in [1.807, 2.05) is 6.92 Å². The summed E-state index contributed by atoms with van der Waals surface area (Å²) in [6, 6.07) is 11.9. The van der Waals surface area contributed by atoms with Crippen LogP contribution in [0.1, 0.15) is 24.5 Å². The molecule has 0 aliphatic carbocycles. The number of amides is 1. The summed E-state index contributed by atoms with van der Waals surface area (Å²) in [5, 5.41) is 2.65. The van der Waals surface area contributed by atoms with E-state index >= 15 is 0 Å². The molecule has 148 valence electrons. The molecule has 1 heterocycles. The maximum atomic E-state index is 13.1. The first-order valence-electron chi connectivity index (χ1n) is 8.93. The van der Waals surface area contributed by atoms with Gasteiger partial charge in [-0.1, -0.05) is 17.7 Å². The van der Waals surface area contributed by atoms with Gasteiger partial charge in [0.05, 0.1) is 10.6 Å². The van der Waals surface area contributed by atoms with E-state index < -0.39 is 21.9 Å². The number of rotatable bonds is 5. The molecule has 1 amide bonds. The third-order valence-corrected chi connectivity index (χ3v) is 6.28. The van der Waals surface area contributed by atoms with E-state index in [9.17, 15) is 18.0 Å². The van der Waals surface area contributed by atoms with Crippen LogP contribution in [0.3, 0.4) is 0 Å². The van der Waals surface area contributed by atoms with E-state index in [-0.39, 0.29) is 11.5 Å². The summed E-state index contributed by atoms with van der Waals surface area (Å²) in [4.78, 5) is 22.9. The number of carbonyl (C=O) groups is 2. The average molecular weight is 402 g/mol. The van der Waals surface area contributed by atoms with E-state index in [1.165, 1.54) is 11.2 Å². The first-order valence-corrected chi connectivity index (χ1v) is 10.4. The van der Waals surface area contributed by atoms with Gasteiger partial charge in [0, 0.05) is 19.2 Å². The van der Waals surface area contributed by atoms with Crippen LogP contribution in [-0.2, 0) is 30.8 Å². The van der Waals surface area contributed by atoms with Crippen molar-refractivity contribution in [2.45, 2.75) is 31.6 Å². The lowest BCUT2D eigenvalue weighted by Gasteiger charge is -2.31. The van der Waals surface area contributed by atoms with Crippen molar-refractivity contribution in [3.05, 3.63) is 53.6 Å². The van der Waals surface area contributed by atoms with Crippen molar-refractivity contribution in [2.75, 3.05) is 22.8 Å². The number of hydrogen-bond acceptors (Lipinski definition) is 5. The summed E-state index contributed by atoms with van der Waals surface area (Å²) in [6.45, 7) is 3.18. The second-order valence-corrected chi connectivity index (χ2v) is 8.53. The Morgan fingerprint density at radius 1 is 1.14 bits per heavy atom. The Morgan fingerprint density at radius 2 is 1.86 bits per heavy atom. The number of benzene rings is 2. The van der Waals surface area contributed by atoms with E-state index in [0.29, 0.717) is 30.8 Å². The van der Waals surface area contributed by atoms with Gasteiger partial charge in [0.15, 0.2) is 6.61 Å². The maximum absolute atomic E-state index is 13.1. The van der Waals surface area contributed by atoms with Gasteiger partial charge in [-0.3, -0.25) is 13.9 Å². The van der Waals surface area contributed by atoms with Crippen molar-refractivity contribution >= 4 is 33.3 Å². The van der Waals surface area contributed by atoms with E-state index in [0.717, 1.165) is 11.1 Å². The van der Waals surface area contributed by atoms with Gasteiger partial charge in [-0.15, -0.1) is 0 Å². The number of nitrogens with one attached hydrogen (secondary N) is 1. The Labute approximate surface area is 164 Å². The third kappa shape index (κ3) is 4.33. The van der Waals surface area contributed by atoms with Crippen LogP contribution < -0.4 is 9.62 Å². The molecule has 0 saturated heterocycles. The summed E-state index contributed by atoms with van der Waals surface area (Å²) in [5.74, 6) is -0.979. The highest BCUT2D eigenvalue weighted by Gasteiger charge is 2.29. The van der Waals surface area contributed by atoms with Crippen LogP contribution in [-0.4, -0.2) is 33.4 Å². The molecular weight excluding hydrogens is 380 g/mol. The second-order valence-electron chi connectivity index (χ2n) is 6.67. The highest BCUT2D eigenvalue weighted by atomic mass is 32.2. The van der Waals surface area contributed by atoms with Gasteiger partial charge in [0.25, 0.3) is 15.9 Å². The molecule has 2 aromatic carbocycles. The standard InChI is InChI=1S/C20H22N2O5S/c1-14-5-8-18(9-6-14)28(25,26)22-11-3-4-16-12-17(7-10-19(16)22)21-20(24)13-27-15(2)23/h5-10,12H,3-4,11,13H2,1-2H3,(H,21,24). The normalized spacial score (nSPS) is 13.6. The lowest BCUT2D eigenvalue weighted by atomic mass is 10.0. The fourth-order valence-corrected chi connectivity index (χ4v) is 4.63. The molecule has 0 spiro atoms. The smallest absolute Gasteiger partial charge is 0.303 e.